The molecule has 33 heavy (non-hydrogen) atoms. The highest BCUT2D eigenvalue weighted by atomic mass is 16.5. The minimum Gasteiger partial charge on any atom is -0.461 e. The van der Waals surface area contributed by atoms with Crippen LogP contribution in [0.3, 0.4) is 0 Å². The van der Waals surface area contributed by atoms with Crippen molar-refractivity contribution < 1.29 is 23.9 Å². The number of carbonyl (C=O) groups is 4. The van der Waals surface area contributed by atoms with E-state index in [4.69, 9.17) is 4.74 Å². The van der Waals surface area contributed by atoms with Crippen molar-refractivity contribution in [2.24, 2.45) is 11.8 Å². The van der Waals surface area contributed by atoms with Gasteiger partial charge in [-0.15, -0.1) is 13.2 Å². The number of Topliss-reactive ketones (excluding diaryl/α,β-unsaturated/α-hetero) is 1. The lowest BCUT2D eigenvalue weighted by atomic mass is 9.90. The van der Waals surface area contributed by atoms with E-state index in [1.54, 1.807) is 36.4 Å². The fourth-order valence-electron chi connectivity index (χ4n) is 3.24. The zero-order valence-electron chi connectivity index (χ0n) is 19.9. The molecule has 0 unspecified atom stereocenters. The molecule has 7 heteroatoms. The minimum atomic E-state index is -0.651. The van der Waals surface area contributed by atoms with E-state index < -0.39 is 12.0 Å². The van der Waals surface area contributed by atoms with Gasteiger partial charge in [-0.05, 0) is 42.9 Å². The van der Waals surface area contributed by atoms with Gasteiger partial charge < -0.3 is 15.4 Å². The highest BCUT2D eigenvalue weighted by Gasteiger charge is 2.28. The predicted octanol–water partition coefficient (Wildman–Crippen LogP) is 4.34. The van der Waals surface area contributed by atoms with Gasteiger partial charge in [0.2, 0.25) is 11.8 Å². The molecule has 1 rings (SSSR count). The third-order valence-electron chi connectivity index (χ3n) is 5.08. The molecule has 2 atom stereocenters. The number of esters is 1. The maximum absolute atomic E-state index is 13.0. The average Bonchev–Trinajstić information content (AvgIpc) is 2.76. The first-order valence-corrected chi connectivity index (χ1v) is 11.2. The summed E-state index contributed by atoms with van der Waals surface area (Å²) in [6, 6.07) is 6.28. The van der Waals surface area contributed by atoms with Crippen LogP contribution in [0.1, 0.15) is 58.4 Å². The Balaban J connectivity index is 2.76. The summed E-state index contributed by atoms with van der Waals surface area (Å²) in [5, 5.41) is 5.65. The largest absolute Gasteiger partial charge is 0.461 e. The Morgan fingerprint density at radius 3 is 2.27 bits per heavy atom. The highest BCUT2D eigenvalue weighted by molar-refractivity contribution is 5.97. The maximum Gasteiger partial charge on any atom is 0.302 e. The summed E-state index contributed by atoms with van der Waals surface area (Å²) in [4.78, 5) is 49.0. The number of ketones is 1. The van der Waals surface area contributed by atoms with Crippen molar-refractivity contribution in [3.05, 3.63) is 55.1 Å². The summed E-state index contributed by atoms with van der Waals surface area (Å²) in [6.45, 7) is 12.6. The second-order valence-electron chi connectivity index (χ2n) is 8.33. The molecule has 0 radical (unpaired) electrons. The molecule has 0 saturated carbocycles. The fourth-order valence-corrected chi connectivity index (χ4v) is 3.24. The van der Waals surface area contributed by atoms with Crippen molar-refractivity contribution in [3.63, 3.8) is 0 Å². The van der Waals surface area contributed by atoms with Crippen molar-refractivity contribution >= 4 is 29.3 Å². The smallest absolute Gasteiger partial charge is 0.302 e. The van der Waals surface area contributed by atoms with Crippen LogP contribution in [0.25, 0.3) is 0 Å². The lowest BCUT2D eigenvalue weighted by Gasteiger charge is -2.23. The van der Waals surface area contributed by atoms with Crippen LogP contribution in [0.2, 0.25) is 0 Å². The first kappa shape index (κ1) is 27.8. The molecule has 0 heterocycles. The molecule has 180 valence electrons. The van der Waals surface area contributed by atoms with Gasteiger partial charge in [0.15, 0.2) is 5.78 Å². The number of rotatable bonds is 15. The lowest BCUT2D eigenvalue weighted by Crippen LogP contribution is -2.45. The molecule has 7 nitrogen and oxygen atoms in total. The Hall–Kier alpha value is -3.22. The van der Waals surface area contributed by atoms with E-state index in [1.165, 1.54) is 6.92 Å². The molecule has 0 bridgehead atoms. The van der Waals surface area contributed by atoms with Crippen LogP contribution in [-0.4, -0.2) is 29.6 Å². The average molecular weight is 457 g/mol. The van der Waals surface area contributed by atoms with E-state index in [-0.39, 0.29) is 42.5 Å². The van der Waals surface area contributed by atoms with Gasteiger partial charge in [0.25, 0.3) is 0 Å². The third-order valence-corrected chi connectivity index (χ3v) is 5.08. The Labute approximate surface area is 196 Å². The molecule has 0 aromatic heterocycles. The fraction of sp³-hybridized carbons (Fsp3) is 0.462. The Kier molecular flexibility index (Phi) is 12.4. The molecule has 1 aromatic rings. The van der Waals surface area contributed by atoms with Crippen LogP contribution in [0.15, 0.2) is 49.6 Å². The van der Waals surface area contributed by atoms with Gasteiger partial charge in [0.1, 0.15) is 6.61 Å². The Morgan fingerprint density at radius 2 is 1.73 bits per heavy atom. The zero-order valence-corrected chi connectivity index (χ0v) is 19.9. The van der Waals surface area contributed by atoms with Gasteiger partial charge in [0.05, 0.1) is 6.04 Å². The van der Waals surface area contributed by atoms with Gasteiger partial charge in [-0.2, -0.15) is 0 Å². The van der Waals surface area contributed by atoms with Crippen LogP contribution >= 0.6 is 0 Å². The van der Waals surface area contributed by atoms with Gasteiger partial charge in [-0.3, -0.25) is 19.2 Å². The van der Waals surface area contributed by atoms with E-state index in [1.807, 2.05) is 13.8 Å². The molecule has 0 saturated heterocycles. The summed E-state index contributed by atoms with van der Waals surface area (Å²) in [5.41, 5.74) is 1.37. The quantitative estimate of drug-likeness (QED) is 0.232. The summed E-state index contributed by atoms with van der Waals surface area (Å²) in [7, 11) is 0. The van der Waals surface area contributed by atoms with Gasteiger partial charge in [-0.25, -0.2) is 0 Å². The van der Waals surface area contributed by atoms with E-state index >= 15 is 0 Å². The Morgan fingerprint density at radius 1 is 1.06 bits per heavy atom. The number of hydrogen-bond donors (Lipinski definition) is 2. The van der Waals surface area contributed by atoms with E-state index in [9.17, 15) is 19.2 Å². The summed E-state index contributed by atoms with van der Waals surface area (Å²) in [5.74, 6) is -1.72. The maximum atomic E-state index is 13.0. The first-order chi connectivity index (χ1) is 15.7. The number of amides is 2. The number of unbranched alkanes of at least 4 members (excludes halogenated alkanes) is 1. The second-order valence-corrected chi connectivity index (χ2v) is 8.33. The van der Waals surface area contributed by atoms with Crippen LogP contribution in [0.5, 0.6) is 0 Å². The third kappa shape index (κ3) is 10.8. The molecule has 1 aromatic carbocycles. The first-order valence-electron chi connectivity index (χ1n) is 11.2. The standard InChI is InChI=1S/C26H36N2O5/c1-6-8-9-11-24(31)28-25(18(3)4)23(30)16-21(10-7-2)26(32)27-22-14-12-20(13-15-22)17-33-19(5)29/h6-7,12-15,18,21,25H,1-2,8-11,16-17H2,3-5H3,(H,27,32)(H,28,31)/t21-,25+/m1/s1. The van der Waals surface area contributed by atoms with Crippen molar-refractivity contribution in [3.8, 4) is 0 Å². The van der Waals surface area contributed by atoms with Crippen molar-refractivity contribution in [1.82, 2.24) is 5.32 Å². The van der Waals surface area contributed by atoms with E-state index in [0.717, 1.165) is 12.0 Å². The van der Waals surface area contributed by atoms with Crippen molar-refractivity contribution in [2.75, 3.05) is 5.32 Å². The highest BCUT2D eigenvalue weighted by Crippen LogP contribution is 2.18. The molecular weight excluding hydrogens is 420 g/mol. The number of carbonyl (C=O) groups excluding carboxylic acids is 4. The van der Waals surface area contributed by atoms with E-state index in [2.05, 4.69) is 23.8 Å². The zero-order chi connectivity index (χ0) is 24.8. The SMILES string of the molecule is C=CCCCC(=O)N[C@H](C(=O)C[C@@H](CC=C)C(=O)Nc1ccc(COC(C)=O)cc1)C(C)C. The number of allylic oxidation sites excluding steroid dienone is 2. The monoisotopic (exact) mass is 456 g/mol. The molecule has 0 fully saturated rings. The second kappa shape index (κ2) is 14.8. The number of nitrogens with one attached hydrogen (secondary N) is 2. The van der Waals surface area contributed by atoms with Crippen LogP contribution in [0, 0.1) is 11.8 Å². The van der Waals surface area contributed by atoms with Gasteiger partial charge >= 0.3 is 5.97 Å². The molecule has 0 aliphatic heterocycles. The normalized spacial score (nSPS) is 12.4. The summed E-state index contributed by atoms with van der Waals surface area (Å²) < 4.78 is 4.95. The Bertz CT molecular complexity index is 830. The number of ether oxygens (including phenoxy) is 1. The topological polar surface area (TPSA) is 102 Å². The van der Waals surface area contributed by atoms with Crippen LogP contribution in [0.4, 0.5) is 5.69 Å². The van der Waals surface area contributed by atoms with Crippen molar-refractivity contribution in [2.45, 2.75) is 65.5 Å². The number of benzene rings is 1. The minimum absolute atomic E-state index is 0.00181. The molecule has 0 spiro atoms. The molecule has 2 N–H and O–H groups in total. The molecule has 0 aliphatic carbocycles. The molecule has 2 amide bonds. The lowest BCUT2D eigenvalue weighted by molar-refractivity contribution is -0.142. The number of hydrogen-bond acceptors (Lipinski definition) is 5. The van der Waals surface area contributed by atoms with Crippen LogP contribution < -0.4 is 10.6 Å². The van der Waals surface area contributed by atoms with Gasteiger partial charge in [0, 0.05) is 31.4 Å². The summed E-state index contributed by atoms with van der Waals surface area (Å²) in [6.07, 6.45) is 5.43. The van der Waals surface area contributed by atoms with Crippen molar-refractivity contribution in [1.29, 1.82) is 0 Å². The molecular formula is C26H36N2O5. The van der Waals surface area contributed by atoms with Gasteiger partial charge in [-0.1, -0.05) is 38.1 Å². The van der Waals surface area contributed by atoms with E-state index in [0.29, 0.717) is 24.9 Å². The number of anilines is 1. The molecule has 0 aliphatic rings. The summed E-state index contributed by atoms with van der Waals surface area (Å²) >= 11 is 0. The predicted molar refractivity (Wildman–Crippen MR) is 129 cm³/mol. The van der Waals surface area contributed by atoms with Crippen LogP contribution in [-0.2, 0) is 30.5 Å².